The van der Waals surface area contributed by atoms with Gasteiger partial charge >= 0.3 is 5.51 Å². The average Bonchev–Trinajstić information content (AvgIpc) is 3.08. The van der Waals surface area contributed by atoms with Crippen molar-refractivity contribution in [3.05, 3.63) is 52.6 Å². The van der Waals surface area contributed by atoms with Crippen LogP contribution < -0.4 is 0 Å². The van der Waals surface area contributed by atoms with Gasteiger partial charge in [0, 0.05) is 24.8 Å². The summed E-state index contributed by atoms with van der Waals surface area (Å²) < 4.78 is 91.2. The van der Waals surface area contributed by atoms with Gasteiger partial charge < -0.3 is 5.11 Å². The number of hydrogen-bond donors (Lipinski definition) is 1. The van der Waals surface area contributed by atoms with Gasteiger partial charge in [0.05, 0.1) is 4.90 Å². The highest BCUT2D eigenvalue weighted by molar-refractivity contribution is 7.92. The lowest BCUT2D eigenvalue weighted by molar-refractivity contribution is -0.117. The first-order valence-corrected chi connectivity index (χ1v) is 9.98. The van der Waals surface area contributed by atoms with Crippen LogP contribution in [-0.2, 0) is 33.9 Å². The molecule has 0 spiro atoms. The number of halogens is 5. The third-order valence-electron chi connectivity index (χ3n) is 5.29. The van der Waals surface area contributed by atoms with E-state index in [0.717, 1.165) is 11.6 Å². The molecule has 0 amide bonds. The smallest absolute Gasteiger partial charge is 0.382 e. The van der Waals surface area contributed by atoms with Crippen LogP contribution in [0.5, 0.6) is 0 Å². The Labute approximate surface area is 161 Å². The first-order chi connectivity index (χ1) is 13.3. The summed E-state index contributed by atoms with van der Waals surface area (Å²) in [6, 6.07) is 6.38. The van der Waals surface area contributed by atoms with E-state index in [0.29, 0.717) is 17.2 Å². The van der Waals surface area contributed by atoms with Crippen molar-refractivity contribution in [3.63, 3.8) is 0 Å². The number of alkyl halides is 5. The Balaban J connectivity index is 1.95. The number of carbonyl (C=O) groups excluding carboxylic acids is 1. The second kappa shape index (κ2) is 6.09. The topological polar surface area (TPSA) is 71.4 Å². The zero-order valence-electron chi connectivity index (χ0n) is 14.6. The van der Waals surface area contributed by atoms with Crippen LogP contribution >= 0.6 is 0 Å². The highest BCUT2D eigenvalue weighted by Gasteiger charge is 2.54. The van der Waals surface area contributed by atoms with Crippen LogP contribution in [0.1, 0.15) is 28.4 Å². The van der Waals surface area contributed by atoms with Gasteiger partial charge in [0.25, 0.3) is 15.8 Å². The maximum Gasteiger partial charge on any atom is 0.501 e. The second-order valence-electron chi connectivity index (χ2n) is 7.17. The maximum absolute atomic E-state index is 14.2. The van der Waals surface area contributed by atoms with Gasteiger partial charge in [-0.05, 0) is 33.9 Å². The summed E-state index contributed by atoms with van der Waals surface area (Å²) in [4.78, 5) is 10.2. The van der Waals surface area contributed by atoms with Gasteiger partial charge in [0.1, 0.15) is 11.9 Å². The van der Waals surface area contributed by atoms with Crippen molar-refractivity contribution < 1.29 is 40.3 Å². The highest BCUT2D eigenvalue weighted by atomic mass is 32.2. The minimum atomic E-state index is -5.94. The van der Waals surface area contributed by atoms with Crippen LogP contribution in [0.4, 0.5) is 22.0 Å². The molecule has 2 aliphatic rings. The van der Waals surface area contributed by atoms with Gasteiger partial charge in [-0.25, -0.2) is 17.2 Å². The van der Waals surface area contributed by atoms with Crippen molar-refractivity contribution in [2.45, 2.75) is 41.7 Å². The number of sulfone groups is 1. The zero-order valence-corrected chi connectivity index (χ0v) is 15.4. The highest BCUT2D eigenvalue weighted by Crippen LogP contribution is 2.50. The van der Waals surface area contributed by atoms with E-state index < -0.39 is 44.3 Å². The fraction of sp³-hybridized carbons (Fsp3) is 0.316. The maximum atomic E-state index is 14.2. The lowest BCUT2D eigenvalue weighted by atomic mass is 9.94. The quantitative estimate of drug-likeness (QED) is 0.737. The van der Waals surface area contributed by atoms with E-state index in [9.17, 15) is 40.3 Å². The van der Waals surface area contributed by atoms with E-state index in [-0.39, 0.29) is 29.8 Å². The molecule has 0 fully saturated rings. The summed E-state index contributed by atoms with van der Waals surface area (Å²) in [7, 11) is -5.94. The van der Waals surface area contributed by atoms with Gasteiger partial charge in [-0.15, -0.1) is 0 Å². The molecule has 0 unspecified atom stereocenters. The lowest BCUT2D eigenvalue weighted by Crippen LogP contribution is -2.26. The molecule has 29 heavy (non-hydrogen) atoms. The number of Topliss-reactive ketones (excluding diaryl/α,β-unsaturated/α-hetero) is 1. The molecule has 154 valence electrons. The van der Waals surface area contributed by atoms with E-state index in [1.54, 1.807) is 12.1 Å². The molecule has 1 N–H and O–H groups in total. The van der Waals surface area contributed by atoms with Crippen molar-refractivity contribution in [2.24, 2.45) is 0 Å². The molecule has 4 nitrogen and oxygen atoms in total. The minimum Gasteiger partial charge on any atom is -0.382 e. The number of benzene rings is 2. The molecule has 0 heterocycles. The fourth-order valence-electron chi connectivity index (χ4n) is 3.92. The van der Waals surface area contributed by atoms with Gasteiger partial charge in [0.15, 0.2) is 0 Å². The summed E-state index contributed by atoms with van der Waals surface area (Å²) in [6.07, 6.45) is -3.38. The first kappa shape index (κ1) is 20.0. The van der Waals surface area contributed by atoms with Gasteiger partial charge in [-0.3, -0.25) is 4.79 Å². The Hall–Kier alpha value is -2.33. The molecule has 2 aromatic carbocycles. The zero-order chi connectivity index (χ0) is 21.4. The molecule has 10 heteroatoms. The van der Waals surface area contributed by atoms with E-state index in [1.165, 1.54) is 6.07 Å². The molecule has 0 saturated heterocycles. The van der Waals surface area contributed by atoms with Crippen LogP contribution in [-0.4, -0.2) is 30.7 Å². The second-order valence-corrected chi connectivity index (χ2v) is 9.08. The molecule has 0 aromatic heterocycles. The number of rotatable bonds is 2. The number of aliphatic hydroxyl groups is 1. The number of fused-ring (bicyclic) bond motifs is 2. The van der Waals surface area contributed by atoms with E-state index in [4.69, 9.17) is 0 Å². The Morgan fingerprint density at radius 3 is 2.34 bits per heavy atom. The molecule has 0 radical (unpaired) electrons. The SMILES string of the molecule is O=C1Cc2ccc(-c3ccc(S(=O)(=O)C(F)(F)F)c4c3CC(F)(F)[C@H]4O)cc2C1. The van der Waals surface area contributed by atoms with Crippen LogP contribution in [0.25, 0.3) is 11.1 Å². The Kier molecular flexibility index (Phi) is 4.19. The molecule has 4 rings (SSSR count). The summed E-state index contributed by atoms with van der Waals surface area (Å²) in [5, 5.41) is 9.95. The Bertz CT molecular complexity index is 1150. The summed E-state index contributed by atoms with van der Waals surface area (Å²) >= 11 is 0. The third-order valence-corrected chi connectivity index (χ3v) is 6.83. The number of ketones is 1. The van der Waals surface area contributed by atoms with Gasteiger partial charge in [-0.1, -0.05) is 24.3 Å². The van der Waals surface area contributed by atoms with Crippen molar-refractivity contribution in [1.82, 2.24) is 0 Å². The van der Waals surface area contributed by atoms with Crippen molar-refractivity contribution in [1.29, 1.82) is 0 Å². The largest absolute Gasteiger partial charge is 0.501 e. The molecular weight excluding hydrogens is 419 g/mol. The van der Waals surface area contributed by atoms with Crippen LogP contribution in [0.3, 0.4) is 0 Å². The fourth-order valence-corrected chi connectivity index (χ4v) is 4.95. The molecule has 0 aliphatic heterocycles. The van der Waals surface area contributed by atoms with Gasteiger partial charge in [-0.2, -0.15) is 13.2 Å². The standard InChI is InChI=1S/C19H13F5O4S/c20-18(21)8-14-13(10-2-1-9-6-12(25)7-11(9)5-10)3-4-15(16(14)17(18)26)29(27,28)19(22,23)24/h1-5,17,26H,6-8H2/t17-/m0/s1. The van der Waals surface area contributed by atoms with Crippen LogP contribution in [0.15, 0.2) is 35.2 Å². The predicted molar refractivity (Wildman–Crippen MR) is 91.1 cm³/mol. The summed E-state index contributed by atoms with van der Waals surface area (Å²) in [5.74, 6) is -3.84. The molecule has 1 atom stereocenters. The number of carbonyl (C=O) groups is 1. The Morgan fingerprint density at radius 2 is 1.69 bits per heavy atom. The molecule has 0 bridgehead atoms. The Morgan fingerprint density at radius 1 is 1.03 bits per heavy atom. The third kappa shape index (κ3) is 2.96. The minimum absolute atomic E-state index is 0.0176. The normalized spacial score (nSPS) is 20.6. The molecular formula is C19H13F5O4S. The lowest BCUT2D eigenvalue weighted by Gasteiger charge is -2.18. The van der Waals surface area contributed by atoms with Gasteiger partial charge in [0.2, 0.25) is 0 Å². The van der Waals surface area contributed by atoms with Crippen LogP contribution in [0.2, 0.25) is 0 Å². The monoisotopic (exact) mass is 432 g/mol. The van der Waals surface area contributed by atoms with Crippen molar-refractivity contribution in [2.75, 3.05) is 0 Å². The van der Waals surface area contributed by atoms with Crippen molar-refractivity contribution in [3.8, 4) is 11.1 Å². The van der Waals surface area contributed by atoms with E-state index in [2.05, 4.69) is 0 Å². The van der Waals surface area contributed by atoms with Crippen molar-refractivity contribution >= 4 is 15.6 Å². The average molecular weight is 432 g/mol. The summed E-state index contributed by atoms with van der Waals surface area (Å²) in [6.45, 7) is 0. The molecule has 2 aromatic rings. The van der Waals surface area contributed by atoms with E-state index >= 15 is 0 Å². The summed E-state index contributed by atoms with van der Waals surface area (Å²) in [5.41, 5.74) is -5.07. The number of hydrogen-bond acceptors (Lipinski definition) is 4. The molecule has 0 saturated carbocycles. The van der Waals surface area contributed by atoms with E-state index in [1.807, 2.05) is 0 Å². The van der Waals surface area contributed by atoms with Crippen LogP contribution in [0, 0.1) is 0 Å². The molecule has 2 aliphatic carbocycles. The predicted octanol–water partition coefficient (Wildman–Crippen LogP) is 3.54. The first-order valence-electron chi connectivity index (χ1n) is 8.50. The number of aliphatic hydroxyl groups excluding tert-OH is 1.